The molecule has 0 aromatic carbocycles. The Balaban J connectivity index is 0.00000220. The molecule has 0 bridgehead atoms. The van der Waals surface area contributed by atoms with Crippen LogP contribution in [0.25, 0.3) is 4.96 Å². The summed E-state index contributed by atoms with van der Waals surface area (Å²) in [6.07, 6.45) is 4.36. The number of hydrogen-bond acceptors (Lipinski definition) is 5. The predicted octanol–water partition coefficient (Wildman–Crippen LogP) is 1.43. The van der Waals surface area contributed by atoms with Gasteiger partial charge in [-0.15, -0.1) is 23.7 Å². The van der Waals surface area contributed by atoms with Crippen LogP contribution in [0.2, 0.25) is 0 Å². The maximum absolute atomic E-state index is 12.3. The van der Waals surface area contributed by atoms with Crippen LogP contribution >= 0.6 is 23.7 Å². The molecular formula is C13H19ClN4O2S. The lowest BCUT2D eigenvalue weighted by Crippen LogP contribution is -2.53. The number of hydrogen-bond donors (Lipinski definition) is 2. The smallest absolute Gasteiger partial charge is 0.271 e. The zero-order valence-electron chi connectivity index (χ0n) is 12.0. The van der Waals surface area contributed by atoms with Crippen molar-refractivity contribution in [2.75, 3.05) is 6.54 Å². The molecule has 1 amide bonds. The summed E-state index contributed by atoms with van der Waals surface area (Å²) >= 11 is 1.35. The molecule has 0 saturated heterocycles. The Labute approximate surface area is 132 Å². The normalized spacial score (nSPS) is 11.2. The molecule has 0 saturated carbocycles. The second-order valence-electron chi connectivity index (χ2n) is 4.68. The molecule has 0 radical (unpaired) electrons. The van der Waals surface area contributed by atoms with Crippen molar-refractivity contribution in [3.63, 3.8) is 0 Å². The van der Waals surface area contributed by atoms with Crippen LogP contribution in [0.1, 0.15) is 37.0 Å². The van der Waals surface area contributed by atoms with Crippen LogP contribution in [0.4, 0.5) is 0 Å². The van der Waals surface area contributed by atoms with E-state index in [0.29, 0.717) is 24.3 Å². The summed E-state index contributed by atoms with van der Waals surface area (Å²) in [6, 6.07) is 0. The van der Waals surface area contributed by atoms with E-state index in [-0.39, 0.29) is 23.5 Å². The molecule has 116 valence electrons. The summed E-state index contributed by atoms with van der Waals surface area (Å²) in [5, 5.41) is 4.64. The maximum atomic E-state index is 12.3. The molecule has 0 aliphatic heterocycles. The zero-order chi connectivity index (χ0) is 14.8. The molecular weight excluding hydrogens is 312 g/mol. The van der Waals surface area contributed by atoms with Crippen LogP contribution in [0, 0.1) is 0 Å². The Hall–Kier alpha value is -1.44. The van der Waals surface area contributed by atoms with Crippen molar-refractivity contribution < 1.29 is 4.79 Å². The first-order valence-corrected chi connectivity index (χ1v) is 7.42. The van der Waals surface area contributed by atoms with Gasteiger partial charge in [-0.05, 0) is 12.8 Å². The van der Waals surface area contributed by atoms with Crippen LogP contribution < -0.4 is 16.6 Å². The Morgan fingerprint density at radius 2 is 2.14 bits per heavy atom. The number of nitrogens with zero attached hydrogens (tertiary/aromatic N) is 2. The van der Waals surface area contributed by atoms with Gasteiger partial charge in [-0.25, -0.2) is 4.98 Å². The third kappa shape index (κ3) is 3.25. The van der Waals surface area contributed by atoms with Crippen molar-refractivity contribution >= 4 is 34.6 Å². The highest BCUT2D eigenvalue weighted by Gasteiger charge is 2.28. The molecule has 3 N–H and O–H groups in total. The van der Waals surface area contributed by atoms with Crippen molar-refractivity contribution in [1.82, 2.24) is 14.7 Å². The quantitative estimate of drug-likeness (QED) is 0.867. The molecule has 2 aromatic heterocycles. The van der Waals surface area contributed by atoms with Crippen molar-refractivity contribution in [2.24, 2.45) is 5.73 Å². The van der Waals surface area contributed by atoms with Crippen molar-refractivity contribution in [3.8, 4) is 0 Å². The second-order valence-corrected chi connectivity index (χ2v) is 5.55. The van der Waals surface area contributed by atoms with Crippen LogP contribution in [-0.2, 0) is 0 Å². The van der Waals surface area contributed by atoms with Crippen molar-refractivity contribution in [2.45, 2.75) is 32.2 Å². The molecule has 0 aliphatic rings. The number of carbonyl (C=O) groups excluding carboxylic acids is 1. The number of carbonyl (C=O) groups is 1. The van der Waals surface area contributed by atoms with Crippen molar-refractivity contribution in [3.05, 3.63) is 33.7 Å². The van der Waals surface area contributed by atoms with Gasteiger partial charge in [-0.1, -0.05) is 13.8 Å². The Morgan fingerprint density at radius 1 is 1.48 bits per heavy atom. The summed E-state index contributed by atoms with van der Waals surface area (Å²) < 4.78 is 1.38. The highest BCUT2D eigenvalue weighted by atomic mass is 35.5. The number of rotatable bonds is 5. The van der Waals surface area contributed by atoms with E-state index >= 15 is 0 Å². The fourth-order valence-electron chi connectivity index (χ4n) is 2.06. The first kappa shape index (κ1) is 17.6. The van der Waals surface area contributed by atoms with Gasteiger partial charge in [0.1, 0.15) is 5.56 Å². The molecule has 21 heavy (non-hydrogen) atoms. The van der Waals surface area contributed by atoms with Gasteiger partial charge < -0.3 is 11.1 Å². The lowest BCUT2D eigenvalue weighted by molar-refractivity contribution is 0.0893. The van der Waals surface area contributed by atoms with Crippen molar-refractivity contribution in [1.29, 1.82) is 0 Å². The highest BCUT2D eigenvalue weighted by molar-refractivity contribution is 7.15. The number of aromatic nitrogens is 2. The van der Waals surface area contributed by atoms with Crippen LogP contribution in [-0.4, -0.2) is 27.4 Å². The summed E-state index contributed by atoms with van der Waals surface area (Å²) in [5.41, 5.74) is 4.97. The van der Waals surface area contributed by atoms with E-state index in [1.54, 1.807) is 11.6 Å². The third-order valence-electron chi connectivity index (χ3n) is 3.71. The second kappa shape index (κ2) is 7.02. The van der Waals surface area contributed by atoms with E-state index in [4.69, 9.17) is 5.73 Å². The largest absolute Gasteiger partial charge is 0.345 e. The topological polar surface area (TPSA) is 89.5 Å². The van der Waals surface area contributed by atoms with E-state index in [2.05, 4.69) is 10.3 Å². The Kier molecular flexibility index (Phi) is 5.88. The molecule has 6 nitrogen and oxygen atoms in total. The minimum atomic E-state index is -0.474. The number of amides is 1. The highest BCUT2D eigenvalue weighted by Crippen LogP contribution is 2.14. The third-order valence-corrected chi connectivity index (χ3v) is 4.48. The van der Waals surface area contributed by atoms with Crippen LogP contribution in [0.3, 0.4) is 0 Å². The van der Waals surface area contributed by atoms with E-state index in [0.717, 1.165) is 0 Å². The van der Waals surface area contributed by atoms with Gasteiger partial charge in [0.25, 0.3) is 11.5 Å². The van der Waals surface area contributed by atoms with E-state index in [1.807, 2.05) is 13.8 Å². The van der Waals surface area contributed by atoms with Crippen LogP contribution in [0.15, 0.2) is 22.6 Å². The van der Waals surface area contributed by atoms with Gasteiger partial charge >= 0.3 is 0 Å². The number of halogens is 1. The van der Waals surface area contributed by atoms with Gasteiger partial charge in [-0.3, -0.25) is 14.0 Å². The molecule has 0 atom stereocenters. The lowest BCUT2D eigenvalue weighted by Gasteiger charge is -2.31. The zero-order valence-corrected chi connectivity index (χ0v) is 13.6. The molecule has 0 unspecified atom stereocenters. The maximum Gasteiger partial charge on any atom is 0.271 e. The minimum absolute atomic E-state index is 0. The van der Waals surface area contributed by atoms with Gasteiger partial charge in [-0.2, -0.15) is 0 Å². The van der Waals surface area contributed by atoms with Gasteiger partial charge in [0.15, 0.2) is 4.96 Å². The standard InChI is InChI=1S/C13H18N4O2S.ClH/c1-3-13(4-2,8-14)16-10(18)9-7-15-12-17(11(9)19)5-6-20-12;/h5-7H,3-4,8,14H2,1-2H3,(H,16,18);1H. The number of nitrogens with one attached hydrogen (secondary N) is 1. The minimum Gasteiger partial charge on any atom is -0.345 e. The van der Waals surface area contributed by atoms with Gasteiger partial charge in [0.2, 0.25) is 0 Å². The molecule has 2 heterocycles. The first-order chi connectivity index (χ1) is 9.56. The number of thiazole rings is 1. The van der Waals surface area contributed by atoms with Gasteiger partial charge in [0.05, 0.1) is 5.54 Å². The molecule has 0 aliphatic carbocycles. The van der Waals surface area contributed by atoms with E-state index in [9.17, 15) is 9.59 Å². The summed E-state index contributed by atoms with van der Waals surface area (Å²) in [6.45, 7) is 4.26. The van der Waals surface area contributed by atoms with Gasteiger partial charge in [0, 0.05) is 24.3 Å². The number of fused-ring (bicyclic) bond motifs is 1. The molecule has 0 spiro atoms. The number of nitrogens with two attached hydrogens (primary N) is 1. The fourth-order valence-corrected chi connectivity index (χ4v) is 2.73. The average molecular weight is 331 g/mol. The predicted molar refractivity (Wildman–Crippen MR) is 86.4 cm³/mol. The molecule has 2 aromatic rings. The Bertz CT molecular complexity index is 670. The van der Waals surface area contributed by atoms with E-state index < -0.39 is 11.4 Å². The first-order valence-electron chi connectivity index (χ1n) is 6.54. The molecule has 8 heteroatoms. The van der Waals surface area contributed by atoms with E-state index in [1.165, 1.54) is 21.9 Å². The Morgan fingerprint density at radius 3 is 2.71 bits per heavy atom. The monoisotopic (exact) mass is 330 g/mol. The SMILES string of the molecule is CCC(CC)(CN)NC(=O)c1cnc2sccn2c1=O.Cl. The molecule has 0 fully saturated rings. The summed E-state index contributed by atoms with van der Waals surface area (Å²) in [4.78, 5) is 29.2. The van der Waals surface area contributed by atoms with Crippen LogP contribution in [0.5, 0.6) is 0 Å². The summed E-state index contributed by atoms with van der Waals surface area (Å²) in [7, 11) is 0. The molecule has 2 rings (SSSR count). The summed E-state index contributed by atoms with van der Waals surface area (Å²) in [5.74, 6) is -0.419. The lowest BCUT2D eigenvalue weighted by atomic mass is 9.92. The fraction of sp³-hybridized carbons (Fsp3) is 0.462. The average Bonchev–Trinajstić information content (AvgIpc) is 2.94.